The number of likely N-dealkylation sites (tertiary alicyclic amines) is 1. The smallest absolute Gasteiger partial charge is 0.229 e. The Morgan fingerprint density at radius 3 is 2.77 bits per heavy atom. The number of aromatic nitrogens is 1. The second kappa shape index (κ2) is 10.1. The molecule has 2 amide bonds. The SMILES string of the molecule is O=C(Nc1ccc(-c2cscn2)cc1)[C@@H]1CCCN(C(=O)CCN2CCCCO2)C1. The van der Waals surface area contributed by atoms with Crippen LogP contribution in [0.25, 0.3) is 11.3 Å². The number of hydrogen-bond donors (Lipinski definition) is 1. The maximum atomic E-state index is 12.8. The zero-order valence-corrected chi connectivity index (χ0v) is 17.9. The van der Waals surface area contributed by atoms with Gasteiger partial charge in [-0.05, 0) is 37.8 Å². The molecule has 0 aliphatic carbocycles. The van der Waals surface area contributed by atoms with Crippen LogP contribution in [0, 0.1) is 5.92 Å². The van der Waals surface area contributed by atoms with Crippen molar-refractivity contribution in [3.05, 3.63) is 35.2 Å². The van der Waals surface area contributed by atoms with E-state index in [4.69, 9.17) is 4.84 Å². The summed E-state index contributed by atoms with van der Waals surface area (Å²) < 4.78 is 0. The predicted molar refractivity (Wildman–Crippen MR) is 117 cm³/mol. The zero-order chi connectivity index (χ0) is 20.8. The van der Waals surface area contributed by atoms with Gasteiger partial charge in [-0.1, -0.05) is 12.1 Å². The molecule has 0 spiro atoms. The molecule has 2 saturated heterocycles. The summed E-state index contributed by atoms with van der Waals surface area (Å²) in [4.78, 5) is 37.1. The van der Waals surface area contributed by atoms with E-state index in [9.17, 15) is 9.59 Å². The number of thiazole rings is 1. The van der Waals surface area contributed by atoms with Crippen LogP contribution >= 0.6 is 11.3 Å². The van der Waals surface area contributed by atoms with Crippen molar-refractivity contribution in [3.8, 4) is 11.3 Å². The molecule has 0 unspecified atom stereocenters. The number of rotatable bonds is 6. The first-order valence-electron chi connectivity index (χ1n) is 10.6. The van der Waals surface area contributed by atoms with Crippen LogP contribution < -0.4 is 5.32 Å². The fraction of sp³-hybridized carbons (Fsp3) is 0.500. The van der Waals surface area contributed by atoms with Crippen LogP contribution in [0.1, 0.15) is 32.1 Å². The van der Waals surface area contributed by atoms with E-state index in [-0.39, 0.29) is 17.7 Å². The van der Waals surface area contributed by atoms with Gasteiger partial charge in [0.25, 0.3) is 0 Å². The number of carbonyl (C=O) groups excluding carboxylic acids is 2. The molecular weight excluding hydrogens is 400 g/mol. The molecule has 1 aromatic heterocycles. The third kappa shape index (κ3) is 5.44. The second-order valence-corrected chi connectivity index (χ2v) is 8.56. The summed E-state index contributed by atoms with van der Waals surface area (Å²) in [6.45, 7) is 3.47. The third-order valence-electron chi connectivity index (χ3n) is 5.68. The Kier molecular flexibility index (Phi) is 7.09. The highest BCUT2D eigenvalue weighted by Crippen LogP contribution is 2.23. The Hall–Kier alpha value is -2.29. The van der Waals surface area contributed by atoms with Crippen LogP contribution in [0.5, 0.6) is 0 Å². The van der Waals surface area contributed by atoms with E-state index in [1.54, 1.807) is 16.8 Å². The van der Waals surface area contributed by atoms with E-state index < -0.39 is 0 Å². The summed E-state index contributed by atoms with van der Waals surface area (Å²) in [5, 5.41) is 6.90. The number of nitrogens with zero attached hydrogens (tertiary/aromatic N) is 3. The topological polar surface area (TPSA) is 74.8 Å². The Morgan fingerprint density at radius 1 is 1.17 bits per heavy atom. The van der Waals surface area contributed by atoms with Crippen molar-refractivity contribution in [1.29, 1.82) is 0 Å². The van der Waals surface area contributed by atoms with Crippen molar-refractivity contribution in [2.45, 2.75) is 32.1 Å². The number of benzene rings is 1. The van der Waals surface area contributed by atoms with Gasteiger partial charge in [0.05, 0.1) is 23.7 Å². The van der Waals surface area contributed by atoms with Gasteiger partial charge >= 0.3 is 0 Å². The van der Waals surface area contributed by atoms with Crippen LogP contribution in [0.2, 0.25) is 0 Å². The summed E-state index contributed by atoms with van der Waals surface area (Å²) in [6.07, 6.45) is 4.30. The summed E-state index contributed by atoms with van der Waals surface area (Å²) >= 11 is 1.56. The van der Waals surface area contributed by atoms with Gasteiger partial charge in [-0.15, -0.1) is 11.3 Å². The molecule has 4 rings (SSSR count). The Labute approximate surface area is 181 Å². The number of hydroxylamine groups is 2. The van der Waals surface area contributed by atoms with Gasteiger partial charge in [0.15, 0.2) is 0 Å². The largest absolute Gasteiger partial charge is 0.342 e. The zero-order valence-electron chi connectivity index (χ0n) is 17.1. The van der Waals surface area contributed by atoms with Gasteiger partial charge in [-0.3, -0.25) is 14.4 Å². The molecule has 2 fully saturated rings. The lowest BCUT2D eigenvalue weighted by Gasteiger charge is -2.33. The van der Waals surface area contributed by atoms with E-state index in [0.29, 0.717) is 19.5 Å². The second-order valence-electron chi connectivity index (χ2n) is 7.84. The molecule has 3 heterocycles. The molecule has 160 valence electrons. The average molecular weight is 429 g/mol. The van der Waals surface area contributed by atoms with Crippen molar-refractivity contribution in [1.82, 2.24) is 14.9 Å². The van der Waals surface area contributed by atoms with Crippen molar-refractivity contribution >= 4 is 28.8 Å². The summed E-state index contributed by atoms with van der Waals surface area (Å²) in [7, 11) is 0. The standard InChI is InChI=1S/C22H28N4O3S/c27-21(9-12-26-11-1-2-13-29-26)25-10-3-4-18(14-25)22(28)24-19-7-5-17(6-8-19)20-15-30-16-23-20/h5-8,15-16,18H,1-4,9-14H2,(H,24,28)/t18-/m1/s1. The summed E-state index contributed by atoms with van der Waals surface area (Å²) in [5.41, 5.74) is 4.54. The molecule has 1 aromatic carbocycles. The fourth-order valence-corrected chi connectivity index (χ4v) is 4.51. The third-order valence-corrected chi connectivity index (χ3v) is 6.26. The number of hydrogen-bond acceptors (Lipinski definition) is 6. The van der Waals surface area contributed by atoms with Crippen molar-refractivity contribution in [2.24, 2.45) is 5.92 Å². The van der Waals surface area contributed by atoms with Gasteiger partial charge in [0.2, 0.25) is 11.8 Å². The highest BCUT2D eigenvalue weighted by molar-refractivity contribution is 7.07. The average Bonchev–Trinajstić information content (AvgIpc) is 3.34. The lowest BCUT2D eigenvalue weighted by atomic mass is 9.96. The van der Waals surface area contributed by atoms with Gasteiger partial charge < -0.3 is 10.2 Å². The van der Waals surface area contributed by atoms with Gasteiger partial charge in [0.1, 0.15) is 0 Å². The molecule has 8 heteroatoms. The van der Waals surface area contributed by atoms with Gasteiger partial charge in [-0.25, -0.2) is 4.98 Å². The highest BCUT2D eigenvalue weighted by Gasteiger charge is 2.28. The summed E-state index contributed by atoms with van der Waals surface area (Å²) in [6, 6.07) is 7.72. The maximum Gasteiger partial charge on any atom is 0.229 e. The number of amides is 2. The first-order valence-corrected chi connectivity index (χ1v) is 11.6. The Balaban J connectivity index is 1.27. The van der Waals surface area contributed by atoms with E-state index in [1.165, 1.54) is 0 Å². The number of piperidine rings is 1. The van der Waals surface area contributed by atoms with Crippen LogP contribution in [0.4, 0.5) is 5.69 Å². The lowest BCUT2D eigenvalue weighted by molar-refractivity contribution is -0.182. The summed E-state index contributed by atoms with van der Waals surface area (Å²) in [5.74, 6) is -0.0882. The number of carbonyl (C=O) groups is 2. The minimum Gasteiger partial charge on any atom is -0.342 e. The minimum atomic E-state index is -0.174. The van der Waals surface area contributed by atoms with Crippen molar-refractivity contribution in [2.75, 3.05) is 38.1 Å². The number of anilines is 1. The quantitative estimate of drug-likeness (QED) is 0.763. The normalized spacial score (nSPS) is 20.1. The molecule has 1 N–H and O–H groups in total. The molecule has 2 aliphatic rings. The molecule has 0 radical (unpaired) electrons. The van der Waals surface area contributed by atoms with Crippen LogP contribution in [-0.2, 0) is 14.4 Å². The maximum absolute atomic E-state index is 12.8. The minimum absolute atomic E-state index is 0.0201. The molecule has 0 saturated carbocycles. The monoisotopic (exact) mass is 428 g/mol. The van der Waals surface area contributed by atoms with E-state index in [2.05, 4.69) is 10.3 Å². The first kappa shape index (κ1) is 21.0. The van der Waals surface area contributed by atoms with E-state index in [1.807, 2.05) is 39.6 Å². The van der Waals surface area contributed by atoms with E-state index in [0.717, 1.165) is 62.3 Å². The predicted octanol–water partition coefficient (Wildman–Crippen LogP) is 3.40. The Bertz CT molecular complexity index is 835. The highest BCUT2D eigenvalue weighted by atomic mass is 32.1. The molecule has 0 bridgehead atoms. The molecule has 1 atom stereocenters. The van der Waals surface area contributed by atoms with Crippen molar-refractivity contribution in [3.63, 3.8) is 0 Å². The van der Waals surface area contributed by atoms with Crippen LogP contribution in [-0.4, -0.2) is 59.5 Å². The molecule has 2 aliphatic heterocycles. The molecule has 30 heavy (non-hydrogen) atoms. The van der Waals surface area contributed by atoms with E-state index >= 15 is 0 Å². The molecular formula is C22H28N4O3S. The van der Waals surface area contributed by atoms with Crippen LogP contribution in [0.3, 0.4) is 0 Å². The Morgan fingerprint density at radius 2 is 2.03 bits per heavy atom. The molecule has 2 aromatic rings. The van der Waals surface area contributed by atoms with Gasteiger partial charge in [-0.2, -0.15) is 5.06 Å². The fourth-order valence-electron chi connectivity index (χ4n) is 3.94. The first-order chi connectivity index (χ1) is 14.7. The lowest BCUT2D eigenvalue weighted by Crippen LogP contribution is -2.44. The molecule has 7 nitrogen and oxygen atoms in total. The van der Waals surface area contributed by atoms with Crippen LogP contribution in [0.15, 0.2) is 35.2 Å². The van der Waals surface area contributed by atoms with Gasteiger partial charge in [0, 0.05) is 49.2 Å². The number of nitrogens with one attached hydrogen (secondary N) is 1. The van der Waals surface area contributed by atoms with Crippen molar-refractivity contribution < 1.29 is 14.4 Å².